The first-order valence-corrected chi connectivity index (χ1v) is 6.70. The van der Waals surface area contributed by atoms with Crippen molar-refractivity contribution < 1.29 is 4.79 Å². The third-order valence-electron chi connectivity index (χ3n) is 3.44. The maximum absolute atomic E-state index is 12.2. The van der Waals surface area contributed by atoms with E-state index in [4.69, 9.17) is 0 Å². The van der Waals surface area contributed by atoms with Crippen LogP contribution in [-0.2, 0) is 4.79 Å². The van der Waals surface area contributed by atoms with Crippen molar-refractivity contribution in [3.63, 3.8) is 0 Å². The maximum Gasteiger partial charge on any atom is 0.241 e. The van der Waals surface area contributed by atoms with Crippen molar-refractivity contribution in [1.82, 2.24) is 10.2 Å². The topological polar surface area (TPSA) is 32.3 Å². The van der Waals surface area contributed by atoms with Gasteiger partial charge in [0.15, 0.2) is 0 Å². The number of amides is 1. The second-order valence-corrected chi connectivity index (χ2v) is 4.92. The average Bonchev–Trinajstić information content (AvgIpc) is 2.51. The molecule has 0 spiro atoms. The predicted molar refractivity (Wildman–Crippen MR) is 67.1 cm³/mol. The normalized spacial score (nSPS) is 27.5. The molecule has 0 radical (unpaired) electrons. The van der Waals surface area contributed by atoms with Crippen molar-refractivity contribution in [2.75, 3.05) is 0 Å². The number of carbonyl (C=O) groups excluding carboxylic acids is 1. The molecule has 1 heterocycles. The minimum absolute atomic E-state index is 0.0641. The van der Waals surface area contributed by atoms with Crippen molar-refractivity contribution in [1.29, 1.82) is 0 Å². The fourth-order valence-corrected chi connectivity index (χ4v) is 2.58. The van der Waals surface area contributed by atoms with Crippen LogP contribution in [0.3, 0.4) is 0 Å². The van der Waals surface area contributed by atoms with Crippen LogP contribution in [0, 0.1) is 0 Å². The zero-order valence-electron chi connectivity index (χ0n) is 11.1. The molecule has 16 heavy (non-hydrogen) atoms. The summed E-state index contributed by atoms with van der Waals surface area (Å²) in [6.45, 7) is 8.59. The van der Waals surface area contributed by atoms with E-state index in [1.807, 2.05) is 4.90 Å². The molecular weight excluding hydrogens is 200 g/mol. The summed E-state index contributed by atoms with van der Waals surface area (Å²) in [7, 11) is 0. The van der Waals surface area contributed by atoms with Crippen molar-refractivity contribution in [3.8, 4) is 0 Å². The molecular formula is C13H26N2O. The number of rotatable bonds is 6. The van der Waals surface area contributed by atoms with E-state index < -0.39 is 0 Å². The summed E-state index contributed by atoms with van der Waals surface area (Å²) in [6, 6.07) is 0.431. The lowest BCUT2D eigenvalue weighted by Crippen LogP contribution is -2.41. The summed E-state index contributed by atoms with van der Waals surface area (Å²) in [6.07, 6.45) is 5.71. The lowest BCUT2D eigenvalue weighted by atomic mass is 10.1. The monoisotopic (exact) mass is 226 g/mol. The van der Waals surface area contributed by atoms with Gasteiger partial charge in [-0.3, -0.25) is 10.1 Å². The average molecular weight is 226 g/mol. The Morgan fingerprint density at radius 1 is 1.38 bits per heavy atom. The quantitative estimate of drug-likeness (QED) is 0.754. The highest BCUT2D eigenvalue weighted by atomic mass is 16.2. The molecule has 0 bridgehead atoms. The van der Waals surface area contributed by atoms with Crippen LogP contribution < -0.4 is 5.32 Å². The van der Waals surface area contributed by atoms with Gasteiger partial charge in [-0.15, -0.1) is 0 Å². The largest absolute Gasteiger partial charge is 0.323 e. The lowest BCUT2D eigenvalue weighted by Gasteiger charge is -2.28. The highest BCUT2D eigenvalue weighted by molar-refractivity contribution is 5.84. The zero-order chi connectivity index (χ0) is 12.1. The summed E-state index contributed by atoms with van der Waals surface area (Å²) in [4.78, 5) is 14.2. The minimum atomic E-state index is 0.0641. The third-order valence-corrected chi connectivity index (χ3v) is 3.44. The van der Waals surface area contributed by atoms with Gasteiger partial charge in [-0.1, -0.05) is 33.1 Å². The Morgan fingerprint density at radius 2 is 2.06 bits per heavy atom. The van der Waals surface area contributed by atoms with Gasteiger partial charge < -0.3 is 4.90 Å². The molecule has 0 aromatic rings. The van der Waals surface area contributed by atoms with E-state index in [0.717, 1.165) is 32.1 Å². The van der Waals surface area contributed by atoms with Crippen LogP contribution in [0.2, 0.25) is 0 Å². The van der Waals surface area contributed by atoms with Gasteiger partial charge in [-0.25, -0.2) is 0 Å². The number of nitrogens with one attached hydrogen (secondary N) is 1. The van der Waals surface area contributed by atoms with Crippen LogP contribution >= 0.6 is 0 Å². The number of nitrogens with zero attached hydrogens (tertiary/aromatic N) is 1. The van der Waals surface area contributed by atoms with Gasteiger partial charge in [0.05, 0.1) is 12.2 Å². The molecule has 0 aliphatic carbocycles. The van der Waals surface area contributed by atoms with E-state index in [2.05, 4.69) is 33.0 Å². The second kappa shape index (κ2) is 6.24. The van der Waals surface area contributed by atoms with E-state index >= 15 is 0 Å². The summed E-state index contributed by atoms with van der Waals surface area (Å²) in [5.41, 5.74) is 0. The summed E-state index contributed by atoms with van der Waals surface area (Å²) in [5, 5.41) is 3.40. The third kappa shape index (κ3) is 2.97. The lowest BCUT2D eigenvalue weighted by molar-refractivity contribution is -0.132. The minimum Gasteiger partial charge on any atom is -0.323 e. The molecule has 1 amide bonds. The highest BCUT2D eigenvalue weighted by Gasteiger charge is 2.37. The molecule has 1 aliphatic rings. The fourth-order valence-electron chi connectivity index (χ4n) is 2.58. The molecule has 1 rings (SSSR count). The van der Waals surface area contributed by atoms with Crippen LogP contribution in [0.15, 0.2) is 0 Å². The highest BCUT2D eigenvalue weighted by Crippen LogP contribution is 2.20. The molecule has 3 nitrogen and oxygen atoms in total. The SMILES string of the molecule is CCCCC1NC(C)N(C(C)CCC)C1=O. The van der Waals surface area contributed by atoms with E-state index in [-0.39, 0.29) is 12.2 Å². The molecule has 1 fully saturated rings. The van der Waals surface area contributed by atoms with Crippen LogP contribution in [-0.4, -0.2) is 29.1 Å². The molecule has 3 unspecified atom stereocenters. The molecule has 0 aromatic carbocycles. The molecule has 94 valence electrons. The van der Waals surface area contributed by atoms with Crippen LogP contribution in [0.4, 0.5) is 0 Å². The van der Waals surface area contributed by atoms with E-state index in [1.54, 1.807) is 0 Å². The molecule has 1 aliphatic heterocycles. The van der Waals surface area contributed by atoms with Crippen LogP contribution in [0.1, 0.15) is 59.8 Å². The first-order valence-electron chi connectivity index (χ1n) is 6.70. The molecule has 0 aromatic heterocycles. The maximum atomic E-state index is 12.2. The molecule has 3 heteroatoms. The van der Waals surface area contributed by atoms with Gasteiger partial charge in [0.1, 0.15) is 0 Å². The Morgan fingerprint density at radius 3 is 2.62 bits per heavy atom. The van der Waals surface area contributed by atoms with E-state index in [1.165, 1.54) is 0 Å². The first kappa shape index (κ1) is 13.5. The Balaban J connectivity index is 2.56. The van der Waals surface area contributed by atoms with E-state index in [9.17, 15) is 4.79 Å². The summed E-state index contributed by atoms with van der Waals surface area (Å²) in [5.74, 6) is 0.307. The van der Waals surface area contributed by atoms with Gasteiger partial charge >= 0.3 is 0 Å². The number of carbonyl (C=O) groups is 1. The van der Waals surface area contributed by atoms with Gasteiger partial charge in [-0.2, -0.15) is 0 Å². The van der Waals surface area contributed by atoms with Gasteiger partial charge in [0.2, 0.25) is 5.91 Å². The predicted octanol–water partition coefficient (Wildman–Crippen LogP) is 2.51. The van der Waals surface area contributed by atoms with Crippen molar-refractivity contribution in [2.24, 2.45) is 0 Å². The standard InChI is InChI=1S/C13H26N2O/c1-5-7-9-12-13(16)15(11(4)14-12)10(3)8-6-2/h10-12,14H,5-9H2,1-4H3. The van der Waals surface area contributed by atoms with Crippen LogP contribution in [0.5, 0.6) is 0 Å². The van der Waals surface area contributed by atoms with Gasteiger partial charge in [-0.05, 0) is 26.7 Å². The summed E-state index contributed by atoms with van der Waals surface area (Å²) < 4.78 is 0. The van der Waals surface area contributed by atoms with Gasteiger partial charge in [0, 0.05) is 6.04 Å². The van der Waals surface area contributed by atoms with Crippen molar-refractivity contribution >= 4 is 5.91 Å². The van der Waals surface area contributed by atoms with Crippen LogP contribution in [0.25, 0.3) is 0 Å². The Bertz CT molecular complexity index is 230. The number of hydrogen-bond donors (Lipinski definition) is 1. The van der Waals surface area contributed by atoms with Crippen molar-refractivity contribution in [2.45, 2.75) is 78.0 Å². The molecule has 3 atom stereocenters. The van der Waals surface area contributed by atoms with E-state index in [0.29, 0.717) is 11.9 Å². The molecule has 0 saturated carbocycles. The number of unbranched alkanes of at least 4 members (excludes halogenated alkanes) is 1. The molecule has 1 saturated heterocycles. The molecule has 1 N–H and O–H groups in total. The fraction of sp³-hybridized carbons (Fsp3) is 0.923. The van der Waals surface area contributed by atoms with Gasteiger partial charge in [0.25, 0.3) is 0 Å². The Hall–Kier alpha value is -0.570. The zero-order valence-corrected chi connectivity index (χ0v) is 11.1. The Labute approximate surface area is 99.6 Å². The number of hydrogen-bond acceptors (Lipinski definition) is 2. The smallest absolute Gasteiger partial charge is 0.241 e. The second-order valence-electron chi connectivity index (χ2n) is 4.92. The summed E-state index contributed by atoms with van der Waals surface area (Å²) >= 11 is 0. The first-order chi connectivity index (χ1) is 7.61. The van der Waals surface area contributed by atoms with Crippen molar-refractivity contribution in [3.05, 3.63) is 0 Å². The Kier molecular flexibility index (Phi) is 5.26.